The highest BCUT2D eigenvalue weighted by atomic mass is 32.2. The molecule has 25 heavy (non-hydrogen) atoms. The maximum atomic E-state index is 12.4. The first-order valence-corrected chi connectivity index (χ1v) is 9.96. The van der Waals surface area contributed by atoms with Crippen LogP contribution in [0.5, 0.6) is 0 Å². The predicted octanol–water partition coefficient (Wildman–Crippen LogP) is 1.46. The molecule has 3 rings (SSSR count). The highest BCUT2D eigenvalue weighted by Gasteiger charge is 2.21. The molecule has 0 aliphatic carbocycles. The summed E-state index contributed by atoms with van der Waals surface area (Å²) < 4.78 is 27.4. The lowest BCUT2D eigenvalue weighted by Crippen LogP contribution is -2.46. The van der Waals surface area contributed by atoms with Crippen LogP contribution in [0.2, 0.25) is 0 Å². The molecule has 1 amide bonds. The number of hydrogen-bond donors (Lipinski definition) is 2. The number of fused-ring (bicyclic) bond motifs is 1. The van der Waals surface area contributed by atoms with Crippen molar-refractivity contribution < 1.29 is 13.2 Å². The molecule has 0 bridgehead atoms. The van der Waals surface area contributed by atoms with E-state index >= 15 is 0 Å². The van der Waals surface area contributed by atoms with E-state index in [4.69, 9.17) is 5.73 Å². The Morgan fingerprint density at radius 2 is 1.96 bits per heavy atom. The number of rotatable bonds is 5. The average Bonchev–Trinajstić information content (AvgIpc) is 2.61. The number of sulfonamides is 1. The number of carbonyl (C=O) groups excluding carboxylic acids is 1. The lowest BCUT2D eigenvalue weighted by atomic mass is 10.1. The fourth-order valence-electron chi connectivity index (χ4n) is 3.10. The van der Waals surface area contributed by atoms with Crippen molar-refractivity contribution in [3.8, 4) is 0 Å². The number of amides is 1. The molecule has 0 saturated carbocycles. The SMILES string of the molecule is NC1CCCN(C(=O)CCNS(=O)(=O)c2ccc3ccccc3c2)C1. The van der Waals surface area contributed by atoms with Crippen LogP contribution in [-0.4, -0.2) is 44.9 Å². The van der Waals surface area contributed by atoms with Crippen molar-refractivity contribution in [3.63, 3.8) is 0 Å². The van der Waals surface area contributed by atoms with E-state index in [1.54, 1.807) is 23.1 Å². The quantitative estimate of drug-likeness (QED) is 0.843. The Kier molecular flexibility index (Phi) is 5.36. The summed E-state index contributed by atoms with van der Waals surface area (Å²) in [5, 5.41) is 1.85. The second kappa shape index (κ2) is 7.51. The van der Waals surface area contributed by atoms with Crippen LogP contribution in [0.3, 0.4) is 0 Å². The molecule has 1 atom stereocenters. The van der Waals surface area contributed by atoms with Crippen molar-refractivity contribution in [3.05, 3.63) is 42.5 Å². The van der Waals surface area contributed by atoms with E-state index < -0.39 is 10.0 Å². The predicted molar refractivity (Wildman–Crippen MR) is 97.5 cm³/mol. The third-order valence-electron chi connectivity index (χ3n) is 4.47. The Hall–Kier alpha value is -1.96. The number of hydrogen-bond acceptors (Lipinski definition) is 4. The van der Waals surface area contributed by atoms with Gasteiger partial charge in [0.25, 0.3) is 0 Å². The number of carbonyl (C=O) groups is 1. The minimum absolute atomic E-state index is 0.0204. The first kappa shape index (κ1) is 17.8. The molecule has 3 N–H and O–H groups in total. The molecule has 2 aromatic rings. The molecule has 1 aliphatic heterocycles. The lowest BCUT2D eigenvalue weighted by Gasteiger charge is -2.30. The van der Waals surface area contributed by atoms with Gasteiger partial charge in [-0.05, 0) is 35.7 Å². The van der Waals surface area contributed by atoms with Crippen LogP contribution in [0.25, 0.3) is 10.8 Å². The maximum Gasteiger partial charge on any atom is 0.240 e. The van der Waals surface area contributed by atoms with Gasteiger partial charge in [0.1, 0.15) is 0 Å². The Morgan fingerprint density at radius 1 is 1.20 bits per heavy atom. The van der Waals surface area contributed by atoms with Gasteiger partial charge < -0.3 is 10.6 Å². The summed E-state index contributed by atoms with van der Waals surface area (Å²) in [5.74, 6) is -0.0589. The van der Waals surface area contributed by atoms with Crippen molar-refractivity contribution in [2.75, 3.05) is 19.6 Å². The van der Waals surface area contributed by atoms with Crippen LogP contribution in [0.15, 0.2) is 47.4 Å². The van der Waals surface area contributed by atoms with Gasteiger partial charge in [-0.3, -0.25) is 4.79 Å². The first-order valence-electron chi connectivity index (χ1n) is 8.47. The summed E-state index contributed by atoms with van der Waals surface area (Å²) in [6.07, 6.45) is 1.97. The Balaban J connectivity index is 1.60. The van der Waals surface area contributed by atoms with Gasteiger partial charge in [0.05, 0.1) is 4.90 Å². The zero-order valence-electron chi connectivity index (χ0n) is 14.0. The zero-order chi connectivity index (χ0) is 17.9. The number of likely N-dealkylation sites (tertiary alicyclic amines) is 1. The van der Waals surface area contributed by atoms with Crippen molar-refractivity contribution in [1.82, 2.24) is 9.62 Å². The van der Waals surface area contributed by atoms with E-state index in [0.717, 1.165) is 23.6 Å². The van der Waals surface area contributed by atoms with Gasteiger partial charge in [-0.2, -0.15) is 0 Å². The van der Waals surface area contributed by atoms with Crippen LogP contribution in [0, 0.1) is 0 Å². The standard InChI is InChI=1S/C18H23N3O3S/c19-16-6-3-11-21(13-16)18(22)9-10-20-25(23,24)17-8-7-14-4-1-2-5-15(14)12-17/h1-2,4-5,7-8,12,16,20H,3,6,9-11,13,19H2. The molecule has 1 heterocycles. The van der Waals surface area contributed by atoms with Gasteiger partial charge in [0.15, 0.2) is 0 Å². The summed E-state index contributed by atoms with van der Waals surface area (Å²) in [6, 6.07) is 12.6. The minimum atomic E-state index is -3.63. The van der Waals surface area contributed by atoms with Crippen molar-refractivity contribution in [2.24, 2.45) is 5.73 Å². The highest BCUT2D eigenvalue weighted by Crippen LogP contribution is 2.18. The van der Waals surface area contributed by atoms with Crippen LogP contribution >= 0.6 is 0 Å². The van der Waals surface area contributed by atoms with Gasteiger partial charge in [-0.1, -0.05) is 30.3 Å². The molecule has 2 aromatic carbocycles. The van der Waals surface area contributed by atoms with Crippen molar-refractivity contribution in [1.29, 1.82) is 0 Å². The number of nitrogens with two attached hydrogens (primary N) is 1. The Labute approximate surface area is 148 Å². The van der Waals surface area contributed by atoms with Crippen LogP contribution in [0.1, 0.15) is 19.3 Å². The van der Waals surface area contributed by atoms with Crippen molar-refractivity contribution >= 4 is 26.7 Å². The molecule has 1 unspecified atom stereocenters. The Morgan fingerprint density at radius 3 is 2.72 bits per heavy atom. The first-order chi connectivity index (χ1) is 12.0. The number of benzene rings is 2. The summed E-state index contributed by atoms with van der Waals surface area (Å²) in [5.41, 5.74) is 5.88. The summed E-state index contributed by atoms with van der Waals surface area (Å²) in [7, 11) is -3.63. The van der Waals surface area contributed by atoms with E-state index in [9.17, 15) is 13.2 Å². The average molecular weight is 361 g/mol. The van der Waals surface area contributed by atoms with Crippen LogP contribution < -0.4 is 10.5 Å². The fourth-order valence-corrected chi connectivity index (χ4v) is 4.17. The largest absolute Gasteiger partial charge is 0.341 e. The summed E-state index contributed by atoms with van der Waals surface area (Å²) >= 11 is 0. The van der Waals surface area contributed by atoms with Gasteiger partial charge in [0.2, 0.25) is 15.9 Å². The van der Waals surface area contributed by atoms with Crippen LogP contribution in [0.4, 0.5) is 0 Å². The normalized spacial score (nSPS) is 18.4. The van der Waals surface area contributed by atoms with E-state index in [0.29, 0.717) is 13.1 Å². The fraction of sp³-hybridized carbons (Fsp3) is 0.389. The van der Waals surface area contributed by atoms with E-state index in [2.05, 4.69) is 4.72 Å². The molecule has 1 aliphatic rings. The number of piperidine rings is 1. The molecule has 1 fully saturated rings. The van der Waals surface area contributed by atoms with Crippen LogP contribution in [-0.2, 0) is 14.8 Å². The molecule has 0 spiro atoms. The molecule has 7 heteroatoms. The Bertz CT molecular complexity index is 867. The van der Waals surface area contributed by atoms with Gasteiger partial charge in [-0.25, -0.2) is 13.1 Å². The summed E-state index contributed by atoms with van der Waals surface area (Å²) in [4.78, 5) is 14.1. The van der Waals surface area contributed by atoms with Gasteiger partial charge >= 0.3 is 0 Å². The van der Waals surface area contributed by atoms with Gasteiger partial charge in [-0.15, -0.1) is 0 Å². The second-order valence-electron chi connectivity index (χ2n) is 6.40. The molecular formula is C18H23N3O3S. The van der Waals surface area contributed by atoms with E-state index in [-0.39, 0.29) is 29.8 Å². The maximum absolute atomic E-state index is 12.4. The zero-order valence-corrected chi connectivity index (χ0v) is 14.8. The molecule has 134 valence electrons. The minimum Gasteiger partial charge on any atom is -0.341 e. The van der Waals surface area contributed by atoms with Gasteiger partial charge in [0, 0.05) is 32.1 Å². The third-order valence-corrected chi connectivity index (χ3v) is 5.93. The van der Waals surface area contributed by atoms with E-state index in [1.165, 1.54) is 0 Å². The molecule has 0 aromatic heterocycles. The molecular weight excluding hydrogens is 338 g/mol. The smallest absolute Gasteiger partial charge is 0.240 e. The number of nitrogens with zero attached hydrogens (tertiary/aromatic N) is 1. The second-order valence-corrected chi connectivity index (χ2v) is 8.17. The lowest BCUT2D eigenvalue weighted by molar-refractivity contribution is -0.132. The molecule has 0 radical (unpaired) electrons. The summed E-state index contributed by atoms with van der Waals surface area (Å²) in [6.45, 7) is 1.33. The van der Waals surface area contributed by atoms with Crippen molar-refractivity contribution in [2.45, 2.75) is 30.2 Å². The van der Waals surface area contributed by atoms with E-state index in [1.807, 2.05) is 24.3 Å². The topological polar surface area (TPSA) is 92.5 Å². The monoisotopic (exact) mass is 361 g/mol. The highest BCUT2D eigenvalue weighted by molar-refractivity contribution is 7.89. The molecule has 1 saturated heterocycles. The molecule has 6 nitrogen and oxygen atoms in total. The number of nitrogens with one attached hydrogen (secondary N) is 1. The third kappa shape index (κ3) is 4.36.